The molecule has 0 aliphatic rings. The number of benzene rings is 1. The van der Waals surface area contributed by atoms with Gasteiger partial charge in [-0.25, -0.2) is 4.68 Å². The predicted molar refractivity (Wildman–Crippen MR) is 87.3 cm³/mol. The zero-order chi connectivity index (χ0) is 14.7. The summed E-state index contributed by atoms with van der Waals surface area (Å²) in [4.78, 5) is 11.9. The first-order valence-electron chi connectivity index (χ1n) is 6.35. The highest BCUT2D eigenvalue weighted by atomic mass is 35.5. The van der Waals surface area contributed by atoms with Gasteiger partial charge in [0.2, 0.25) is 5.91 Å². The van der Waals surface area contributed by atoms with Crippen molar-refractivity contribution in [3.05, 3.63) is 41.7 Å². The molecular weight excluding hydrogens is 311 g/mol. The molecule has 3 N–H and O–H groups in total. The van der Waals surface area contributed by atoms with E-state index in [4.69, 9.17) is 17.3 Å². The van der Waals surface area contributed by atoms with Gasteiger partial charge in [0.1, 0.15) is 0 Å². The van der Waals surface area contributed by atoms with Gasteiger partial charge >= 0.3 is 0 Å². The summed E-state index contributed by atoms with van der Waals surface area (Å²) in [7, 11) is 0. The summed E-state index contributed by atoms with van der Waals surface area (Å²) in [5.41, 5.74) is 7.16. The topological polar surface area (TPSA) is 72.9 Å². The first-order chi connectivity index (χ1) is 9.49. The normalized spacial score (nSPS) is 11.9. The minimum atomic E-state index is -0.542. The number of nitrogens with one attached hydrogen (secondary N) is 1. The van der Waals surface area contributed by atoms with E-state index in [-0.39, 0.29) is 24.2 Å². The Morgan fingerprint density at radius 3 is 2.67 bits per heavy atom. The van der Waals surface area contributed by atoms with Crippen molar-refractivity contribution in [1.29, 1.82) is 0 Å². The van der Waals surface area contributed by atoms with E-state index in [0.717, 1.165) is 5.69 Å². The molecule has 21 heavy (non-hydrogen) atoms. The van der Waals surface area contributed by atoms with E-state index >= 15 is 0 Å². The van der Waals surface area contributed by atoms with Gasteiger partial charge in [-0.05, 0) is 30.2 Å². The maximum absolute atomic E-state index is 11.9. The summed E-state index contributed by atoms with van der Waals surface area (Å²) in [6, 6.07) is 6.52. The highest BCUT2D eigenvalue weighted by molar-refractivity contribution is 6.32. The van der Waals surface area contributed by atoms with Crippen LogP contribution in [0.3, 0.4) is 0 Å². The molecule has 1 amide bonds. The van der Waals surface area contributed by atoms with Crippen LogP contribution in [0, 0.1) is 5.92 Å². The largest absolute Gasteiger partial charge is 0.325 e. The summed E-state index contributed by atoms with van der Waals surface area (Å²) in [6.07, 6.45) is 3.47. The first kappa shape index (κ1) is 17.5. The second-order valence-corrected chi connectivity index (χ2v) is 5.28. The second kappa shape index (κ2) is 7.45. The molecule has 1 aromatic heterocycles. The van der Waals surface area contributed by atoms with Crippen LogP contribution in [0.15, 0.2) is 36.7 Å². The molecule has 0 aliphatic heterocycles. The van der Waals surface area contributed by atoms with E-state index in [1.165, 1.54) is 0 Å². The quantitative estimate of drug-likeness (QED) is 0.906. The van der Waals surface area contributed by atoms with Crippen LogP contribution in [0.5, 0.6) is 0 Å². The minimum Gasteiger partial charge on any atom is -0.325 e. The fourth-order valence-corrected chi connectivity index (χ4v) is 1.98. The van der Waals surface area contributed by atoms with E-state index in [1.54, 1.807) is 35.3 Å². The van der Waals surface area contributed by atoms with Crippen LogP contribution in [-0.4, -0.2) is 21.7 Å². The highest BCUT2D eigenvalue weighted by Gasteiger charge is 2.17. The molecule has 114 valence electrons. The molecule has 0 saturated carbocycles. The summed E-state index contributed by atoms with van der Waals surface area (Å²) >= 11 is 6.20. The lowest BCUT2D eigenvalue weighted by Crippen LogP contribution is -2.39. The van der Waals surface area contributed by atoms with Crippen molar-refractivity contribution in [2.75, 3.05) is 5.32 Å². The van der Waals surface area contributed by atoms with Crippen molar-refractivity contribution in [3.63, 3.8) is 0 Å². The Labute approximate surface area is 134 Å². The SMILES string of the molecule is CC(C)[C@H](N)C(=O)Nc1ccc(-n2cccn2)c(Cl)c1.Cl. The summed E-state index contributed by atoms with van der Waals surface area (Å²) in [5.74, 6) is -0.142. The maximum atomic E-state index is 11.9. The van der Waals surface area contributed by atoms with E-state index in [0.29, 0.717) is 10.7 Å². The molecule has 0 unspecified atom stereocenters. The second-order valence-electron chi connectivity index (χ2n) is 4.88. The van der Waals surface area contributed by atoms with E-state index in [1.807, 2.05) is 19.9 Å². The molecule has 5 nitrogen and oxygen atoms in total. The molecule has 0 aliphatic carbocycles. The van der Waals surface area contributed by atoms with Crippen LogP contribution in [0.1, 0.15) is 13.8 Å². The summed E-state index contributed by atoms with van der Waals surface area (Å²) < 4.78 is 1.66. The fraction of sp³-hybridized carbons (Fsp3) is 0.286. The minimum absolute atomic E-state index is 0. The Hall–Kier alpha value is -1.56. The number of carbonyl (C=O) groups excluding carboxylic acids is 1. The van der Waals surface area contributed by atoms with Gasteiger partial charge in [-0.3, -0.25) is 4.79 Å². The highest BCUT2D eigenvalue weighted by Crippen LogP contribution is 2.24. The van der Waals surface area contributed by atoms with Crippen molar-refractivity contribution in [2.45, 2.75) is 19.9 Å². The average molecular weight is 329 g/mol. The number of aromatic nitrogens is 2. The number of anilines is 1. The van der Waals surface area contributed by atoms with Gasteiger partial charge in [0.25, 0.3) is 0 Å². The van der Waals surface area contributed by atoms with Gasteiger partial charge in [-0.2, -0.15) is 5.10 Å². The van der Waals surface area contributed by atoms with E-state index < -0.39 is 6.04 Å². The van der Waals surface area contributed by atoms with Crippen LogP contribution in [0.4, 0.5) is 5.69 Å². The van der Waals surface area contributed by atoms with Gasteiger partial charge < -0.3 is 11.1 Å². The Kier molecular flexibility index (Phi) is 6.20. The Morgan fingerprint density at radius 2 is 2.14 bits per heavy atom. The molecule has 0 radical (unpaired) electrons. The zero-order valence-electron chi connectivity index (χ0n) is 11.8. The van der Waals surface area contributed by atoms with E-state index in [2.05, 4.69) is 10.4 Å². The zero-order valence-corrected chi connectivity index (χ0v) is 13.4. The fourth-order valence-electron chi connectivity index (χ4n) is 1.71. The van der Waals surface area contributed by atoms with Crippen LogP contribution in [-0.2, 0) is 4.79 Å². The molecule has 0 spiro atoms. The number of hydrogen-bond donors (Lipinski definition) is 2. The molecule has 0 bridgehead atoms. The third-order valence-electron chi connectivity index (χ3n) is 2.99. The third kappa shape index (κ3) is 4.20. The predicted octanol–water partition coefficient (Wildman–Crippen LogP) is 2.87. The molecule has 2 rings (SSSR count). The first-order valence-corrected chi connectivity index (χ1v) is 6.73. The van der Waals surface area contributed by atoms with Crippen LogP contribution < -0.4 is 11.1 Å². The van der Waals surface area contributed by atoms with Crippen molar-refractivity contribution >= 4 is 35.6 Å². The van der Waals surface area contributed by atoms with E-state index in [9.17, 15) is 4.79 Å². The number of carbonyl (C=O) groups is 1. The molecule has 0 saturated heterocycles. The smallest absolute Gasteiger partial charge is 0.241 e. The van der Waals surface area contributed by atoms with Gasteiger partial charge in [0.05, 0.1) is 16.8 Å². The van der Waals surface area contributed by atoms with Gasteiger partial charge in [0, 0.05) is 18.1 Å². The summed E-state index contributed by atoms with van der Waals surface area (Å²) in [5, 5.41) is 7.38. The Balaban J connectivity index is 0.00000220. The molecule has 0 fully saturated rings. The van der Waals surface area contributed by atoms with Crippen molar-refractivity contribution in [3.8, 4) is 5.69 Å². The maximum Gasteiger partial charge on any atom is 0.241 e. The van der Waals surface area contributed by atoms with Gasteiger partial charge in [-0.1, -0.05) is 25.4 Å². The average Bonchev–Trinajstić information content (AvgIpc) is 2.91. The monoisotopic (exact) mass is 328 g/mol. The standard InChI is InChI=1S/C14H17ClN4O.ClH/c1-9(2)13(16)14(20)18-10-4-5-12(11(15)8-10)19-7-3-6-17-19;/h3-9,13H,16H2,1-2H3,(H,18,20);1H/t13-;/m0./s1. The molecule has 1 atom stereocenters. The Morgan fingerprint density at radius 1 is 1.43 bits per heavy atom. The van der Waals surface area contributed by atoms with Gasteiger partial charge in [0.15, 0.2) is 0 Å². The number of rotatable bonds is 4. The van der Waals surface area contributed by atoms with Gasteiger partial charge in [-0.15, -0.1) is 12.4 Å². The van der Waals surface area contributed by atoms with Crippen molar-refractivity contribution in [2.24, 2.45) is 11.7 Å². The van der Waals surface area contributed by atoms with Crippen LogP contribution in [0.2, 0.25) is 5.02 Å². The summed E-state index contributed by atoms with van der Waals surface area (Å²) in [6.45, 7) is 3.80. The van der Waals surface area contributed by atoms with Crippen molar-refractivity contribution < 1.29 is 4.79 Å². The van der Waals surface area contributed by atoms with Crippen LogP contribution in [0.25, 0.3) is 5.69 Å². The molecule has 7 heteroatoms. The molecule has 2 aromatic rings. The number of halogens is 2. The third-order valence-corrected chi connectivity index (χ3v) is 3.29. The number of hydrogen-bond acceptors (Lipinski definition) is 3. The number of nitrogens with zero attached hydrogens (tertiary/aromatic N) is 2. The lowest BCUT2D eigenvalue weighted by atomic mass is 10.0. The number of nitrogens with two attached hydrogens (primary N) is 1. The number of amides is 1. The van der Waals surface area contributed by atoms with Crippen LogP contribution >= 0.6 is 24.0 Å². The lowest BCUT2D eigenvalue weighted by molar-refractivity contribution is -0.118. The molecular formula is C14H18Cl2N4O. The Bertz CT molecular complexity index is 599. The molecule has 1 heterocycles. The lowest BCUT2D eigenvalue weighted by Gasteiger charge is -2.16. The van der Waals surface area contributed by atoms with Crippen molar-refractivity contribution in [1.82, 2.24) is 9.78 Å². The molecule has 1 aromatic carbocycles.